The van der Waals surface area contributed by atoms with Crippen LogP contribution in [0.25, 0.3) is 0 Å². The zero-order chi connectivity index (χ0) is 22.3. The lowest BCUT2D eigenvalue weighted by molar-refractivity contribution is -0.122. The van der Waals surface area contributed by atoms with Crippen molar-refractivity contribution in [2.45, 2.75) is 11.8 Å². The van der Waals surface area contributed by atoms with Crippen LogP contribution in [0, 0.1) is 11.8 Å². The lowest BCUT2D eigenvalue weighted by Gasteiger charge is -2.45. The Morgan fingerprint density at radius 3 is 1.62 bits per heavy atom. The molecule has 1 N–H and O–H groups in total. The molecular weight excluding hydrogens is 449 g/mol. The SMILES string of the molecule is O=C(O)c1cc(Cl)cc(Cl)c1N1C(=O)C2C3c4ccccc4C(c4ccccc43)C2C1=O. The summed E-state index contributed by atoms with van der Waals surface area (Å²) in [5.41, 5.74) is 3.79. The Labute approximate surface area is 193 Å². The lowest BCUT2D eigenvalue weighted by Crippen LogP contribution is -2.41. The van der Waals surface area contributed by atoms with E-state index in [1.54, 1.807) is 0 Å². The van der Waals surface area contributed by atoms with Gasteiger partial charge in [-0.05, 0) is 34.4 Å². The molecule has 4 aliphatic rings. The number of amides is 2. The molecule has 7 heteroatoms. The van der Waals surface area contributed by atoms with Gasteiger partial charge in [-0.25, -0.2) is 9.69 Å². The van der Waals surface area contributed by atoms with E-state index in [9.17, 15) is 19.5 Å². The first-order chi connectivity index (χ1) is 15.4. The molecule has 5 nitrogen and oxygen atoms in total. The summed E-state index contributed by atoms with van der Waals surface area (Å²) in [6.45, 7) is 0. The summed E-state index contributed by atoms with van der Waals surface area (Å²) in [4.78, 5) is 40.5. The van der Waals surface area contributed by atoms with Crippen molar-refractivity contribution in [1.82, 2.24) is 0 Å². The van der Waals surface area contributed by atoms with Gasteiger partial charge in [0, 0.05) is 16.9 Å². The molecule has 0 aromatic heterocycles. The summed E-state index contributed by atoms with van der Waals surface area (Å²) in [5.74, 6) is -3.96. The summed E-state index contributed by atoms with van der Waals surface area (Å²) >= 11 is 12.4. The molecule has 7 rings (SSSR count). The van der Waals surface area contributed by atoms with Crippen LogP contribution in [0.5, 0.6) is 0 Å². The molecule has 1 aliphatic heterocycles. The minimum Gasteiger partial charge on any atom is -0.478 e. The van der Waals surface area contributed by atoms with Crippen molar-refractivity contribution in [2.75, 3.05) is 4.90 Å². The van der Waals surface area contributed by atoms with E-state index in [0.29, 0.717) is 0 Å². The van der Waals surface area contributed by atoms with Crippen LogP contribution in [-0.4, -0.2) is 22.9 Å². The Balaban J connectivity index is 1.59. The van der Waals surface area contributed by atoms with E-state index in [4.69, 9.17) is 23.2 Å². The first-order valence-electron chi connectivity index (χ1n) is 10.2. The molecule has 3 aromatic carbocycles. The third-order valence-corrected chi connectivity index (χ3v) is 7.44. The van der Waals surface area contributed by atoms with Gasteiger partial charge in [0.15, 0.2) is 0 Å². The molecule has 0 saturated carbocycles. The summed E-state index contributed by atoms with van der Waals surface area (Å²) in [6.07, 6.45) is 0. The fourth-order valence-electron chi connectivity index (χ4n) is 5.85. The van der Waals surface area contributed by atoms with E-state index in [1.165, 1.54) is 12.1 Å². The number of carboxylic acids is 1. The van der Waals surface area contributed by atoms with Crippen LogP contribution in [0.4, 0.5) is 5.69 Å². The summed E-state index contributed by atoms with van der Waals surface area (Å²) in [6, 6.07) is 18.4. The third-order valence-electron chi connectivity index (χ3n) is 6.93. The predicted molar refractivity (Wildman–Crippen MR) is 119 cm³/mol. The van der Waals surface area contributed by atoms with Gasteiger partial charge in [0.2, 0.25) is 11.8 Å². The second-order valence-corrected chi connectivity index (χ2v) is 9.21. The Kier molecular flexibility index (Phi) is 4.07. The van der Waals surface area contributed by atoms with Gasteiger partial charge in [-0.3, -0.25) is 9.59 Å². The molecule has 158 valence electrons. The van der Waals surface area contributed by atoms with Crippen molar-refractivity contribution in [3.63, 3.8) is 0 Å². The maximum atomic E-state index is 13.8. The second-order valence-electron chi connectivity index (χ2n) is 8.37. The number of carboxylic acid groups (broad SMARTS) is 1. The van der Waals surface area contributed by atoms with Crippen LogP contribution in [0.2, 0.25) is 10.0 Å². The molecule has 1 fully saturated rings. The highest BCUT2D eigenvalue weighted by Crippen LogP contribution is 2.61. The van der Waals surface area contributed by atoms with Crippen LogP contribution in [0.3, 0.4) is 0 Å². The fourth-order valence-corrected chi connectivity index (χ4v) is 6.43. The molecule has 3 aliphatic carbocycles. The maximum Gasteiger partial charge on any atom is 0.337 e. The zero-order valence-electron chi connectivity index (χ0n) is 16.5. The molecule has 2 atom stereocenters. The van der Waals surface area contributed by atoms with Gasteiger partial charge in [0.25, 0.3) is 0 Å². The molecule has 2 unspecified atom stereocenters. The number of hydrogen-bond donors (Lipinski definition) is 1. The highest BCUT2D eigenvalue weighted by molar-refractivity contribution is 6.39. The molecule has 2 amide bonds. The molecule has 1 heterocycles. The Morgan fingerprint density at radius 1 is 0.781 bits per heavy atom. The van der Waals surface area contributed by atoms with Crippen molar-refractivity contribution in [2.24, 2.45) is 11.8 Å². The standard InChI is InChI=1S/C25H15Cl2NO4/c26-11-9-16(25(31)32)22(17(27)10-11)28-23(29)20-18-12-5-1-2-6-13(12)19(21(20)24(28)30)15-8-4-3-7-14(15)18/h1-10,18-21H,(H,31,32). The average Bonchev–Trinajstić information content (AvgIpc) is 3.04. The summed E-state index contributed by atoms with van der Waals surface area (Å²) in [5, 5.41) is 9.81. The molecule has 1 saturated heterocycles. The van der Waals surface area contributed by atoms with Gasteiger partial charge in [-0.1, -0.05) is 71.7 Å². The van der Waals surface area contributed by atoms with E-state index in [2.05, 4.69) is 0 Å². The van der Waals surface area contributed by atoms with Gasteiger partial charge in [0.05, 0.1) is 28.1 Å². The van der Waals surface area contributed by atoms with E-state index in [-0.39, 0.29) is 33.1 Å². The number of carbonyl (C=O) groups excluding carboxylic acids is 2. The highest BCUT2D eigenvalue weighted by Gasteiger charge is 2.62. The quantitative estimate of drug-likeness (QED) is 0.537. The Morgan fingerprint density at radius 2 is 1.22 bits per heavy atom. The van der Waals surface area contributed by atoms with E-state index >= 15 is 0 Å². The molecule has 0 radical (unpaired) electrons. The van der Waals surface area contributed by atoms with Gasteiger partial charge >= 0.3 is 5.97 Å². The maximum absolute atomic E-state index is 13.8. The first-order valence-corrected chi connectivity index (χ1v) is 10.9. The minimum atomic E-state index is -1.31. The zero-order valence-corrected chi connectivity index (χ0v) is 18.0. The minimum absolute atomic E-state index is 0.0439. The first kappa shape index (κ1) is 19.5. The van der Waals surface area contributed by atoms with Crippen molar-refractivity contribution in [1.29, 1.82) is 0 Å². The lowest BCUT2D eigenvalue weighted by atomic mass is 9.55. The number of rotatable bonds is 2. The molecule has 32 heavy (non-hydrogen) atoms. The van der Waals surface area contributed by atoms with Gasteiger partial charge in [-0.15, -0.1) is 0 Å². The number of carbonyl (C=O) groups is 3. The van der Waals surface area contributed by atoms with Gasteiger partial charge in [-0.2, -0.15) is 0 Å². The number of nitrogens with zero attached hydrogens (tertiary/aromatic N) is 1. The van der Waals surface area contributed by atoms with Crippen molar-refractivity contribution in [3.05, 3.63) is 98.5 Å². The molecule has 0 spiro atoms. The Hall–Kier alpha value is -3.15. The molecule has 2 bridgehead atoms. The van der Waals surface area contributed by atoms with E-state index in [1.807, 2.05) is 48.5 Å². The largest absolute Gasteiger partial charge is 0.478 e. The van der Waals surface area contributed by atoms with Crippen LogP contribution >= 0.6 is 23.2 Å². The summed E-state index contributed by atoms with van der Waals surface area (Å²) < 4.78 is 0. The van der Waals surface area contributed by atoms with Crippen molar-refractivity contribution in [3.8, 4) is 0 Å². The fraction of sp³-hybridized carbons (Fsp3) is 0.160. The third kappa shape index (κ3) is 2.38. The van der Waals surface area contributed by atoms with Gasteiger partial charge in [0.1, 0.15) is 0 Å². The van der Waals surface area contributed by atoms with Crippen LogP contribution < -0.4 is 4.90 Å². The smallest absolute Gasteiger partial charge is 0.337 e. The van der Waals surface area contributed by atoms with E-state index in [0.717, 1.165) is 27.2 Å². The molecular formula is C25H15Cl2NO4. The highest BCUT2D eigenvalue weighted by atomic mass is 35.5. The number of anilines is 1. The van der Waals surface area contributed by atoms with E-state index < -0.39 is 29.6 Å². The van der Waals surface area contributed by atoms with Crippen molar-refractivity contribution < 1.29 is 19.5 Å². The number of aromatic carboxylic acids is 1. The number of imide groups is 1. The number of benzene rings is 3. The number of halogens is 2. The van der Waals surface area contributed by atoms with Crippen LogP contribution in [0.1, 0.15) is 44.4 Å². The predicted octanol–water partition coefficient (Wildman–Crippen LogP) is 5.09. The normalized spacial score (nSPS) is 24.9. The van der Waals surface area contributed by atoms with Gasteiger partial charge < -0.3 is 5.11 Å². The van der Waals surface area contributed by atoms with Crippen LogP contribution in [-0.2, 0) is 9.59 Å². The van der Waals surface area contributed by atoms with Crippen LogP contribution in [0.15, 0.2) is 60.7 Å². The molecule has 3 aromatic rings. The Bertz CT molecular complexity index is 1250. The topological polar surface area (TPSA) is 74.7 Å². The monoisotopic (exact) mass is 463 g/mol. The summed E-state index contributed by atoms with van der Waals surface area (Å²) in [7, 11) is 0. The average molecular weight is 464 g/mol. The second kappa shape index (κ2) is 6.67. The number of hydrogen-bond acceptors (Lipinski definition) is 3. The van der Waals surface area contributed by atoms with Crippen molar-refractivity contribution >= 4 is 46.7 Å².